The van der Waals surface area contributed by atoms with Crippen LogP contribution in [0, 0.1) is 0 Å². The second kappa shape index (κ2) is 6.99. The van der Waals surface area contributed by atoms with Gasteiger partial charge in [-0.2, -0.15) is 0 Å². The first kappa shape index (κ1) is 17.0. The molecule has 0 aliphatic heterocycles. The fourth-order valence-electron chi connectivity index (χ4n) is 2.63. The van der Waals surface area contributed by atoms with Gasteiger partial charge in [0.1, 0.15) is 5.56 Å². The summed E-state index contributed by atoms with van der Waals surface area (Å²) in [6.45, 7) is 0.324. The molecule has 6 heteroatoms. The predicted molar refractivity (Wildman–Crippen MR) is 101 cm³/mol. The van der Waals surface area contributed by atoms with E-state index in [0.29, 0.717) is 17.0 Å². The molecule has 1 N–H and O–H groups in total. The Morgan fingerprint density at radius 3 is 2.48 bits per heavy atom. The Kier molecular flexibility index (Phi) is 4.76. The summed E-state index contributed by atoms with van der Waals surface area (Å²) in [6, 6.07) is 14.4. The van der Waals surface area contributed by atoms with Crippen molar-refractivity contribution in [2.75, 3.05) is 19.1 Å². The molecule has 2 aromatic carbocycles. The molecule has 1 amide bonds. The van der Waals surface area contributed by atoms with Gasteiger partial charge in [0, 0.05) is 37.2 Å². The minimum atomic E-state index is -0.402. The monoisotopic (exact) mass is 355 g/mol. The van der Waals surface area contributed by atoms with Gasteiger partial charge in [-0.25, -0.2) is 0 Å². The molecule has 25 heavy (non-hydrogen) atoms. The van der Waals surface area contributed by atoms with Crippen LogP contribution in [0.5, 0.6) is 0 Å². The summed E-state index contributed by atoms with van der Waals surface area (Å²) in [7, 11) is 3.71. The summed E-state index contributed by atoms with van der Waals surface area (Å²) in [5, 5.41) is 5.76. The number of pyridine rings is 1. The number of para-hydroxylation sites is 1. The summed E-state index contributed by atoms with van der Waals surface area (Å²) in [6.07, 6.45) is 1.57. The van der Waals surface area contributed by atoms with Gasteiger partial charge in [0.15, 0.2) is 0 Å². The first-order valence-corrected chi connectivity index (χ1v) is 8.20. The number of hydrogen-bond acceptors (Lipinski definition) is 3. The van der Waals surface area contributed by atoms with Crippen molar-refractivity contribution >= 4 is 28.4 Å². The highest BCUT2D eigenvalue weighted by atomic mass is 35.5. The van der Waals surface area contributed by atoms with Crippen molar-refractivity contribution in [1.82, 2.24) is 9.99 Å². The molecule has 0 spiro atoms. The van der Waals surface area contributed by atoms with Gasteiger partial charge in [0.25, 0.3) is 5.91 Å². The molecular weight excluding hydrogens is 338 g/mol. The standard InChI is InChI=1S/C19H18ClN3O2/c1-22(2)23-12-16(18(24)15-5-3-4-6-17(15)23)19(25)21-11-13-7-9-14(20)10-8-13/h3-10,12H,11H2,1-2H3,(H,21,25). The number of amides is 1. The Hall–Kier alpha value is -2.79. The van der Waals surface area contributed by atoms with E-state index in [4.69, 9.17) is 11.6 Å². The van der Waals surface area contributed by atoms with Gasteiger partial charge < -0.3 is 10.3 Å². The zero-order valence-corrected chi connectivity index (χ0v) is 14.7. The Bertz CT molecular complexity index is 978. The fraction of sp³-hybridized carbons (Fsp3) is 0.158. The maximum Gasteiger partial charge on any atom is 0.257 e. The summed E-state index contributed by atoms with van der Waals surface area (Å²) in [4.78, 5) is 25.2. The average molecular weight is 356 g/mol. The zero-order chi connectivity index (χ0) is 18.0. The average Bonchev–Trinajstić information content (AvgIpc) is 2.61. The normalized spacial score (nSPS) is 10.7. The smallest absolute Gasteiger partial charge is 0.257 e. The maximum atomic E-state index is 12.7. The molecular formula is C19H18ClN3O2. The molecule has 0 bridgehead atoms. The predicted octanol–water partition coefficient (Wildman–Crippen LogP) is 2.78. The van der Waals surface area contributed by atoms with Crippen molar-refractivity contribution in [3.8, 4) is 0 Å². The van der Waals surface area contributed by atoms with Crippen LogP contribution in [0.4, 0.5) is 0 Å². The molecule has 1 heterocycles. The van der Waals surface area contributed by atoms with Crippen LogP contribution in [-0.2, 0) is 6.54 Å². The molecule has 0 saturated heterocycles. The van der Waals surface area contributed by atoms with Gasteiger partial charge in [-0.15, -0.1) is 0 Å². The largest absolute Gasteiger partial charge is 0.348 e. The summed E-state index contributed by atoms with van der Waals surface area (Å²) in [5.74, 6) is -0.402. The molecule has 0 saturated carbocycles. The Morgan fingerprint density at radius 1 is 1.12 bits per heavy atom. The number of rotatable bonds is 4. The van der Waals surface area contributed by atoms with E-state index in [1.165, 1.54) is 0 Å². The highest BCUT2D eigenvalue weighted by molar-refractivity contribution is 6.30. The van der Waals surface area contributed by atoms with Gasteiger partial charge in [-0.1, -0.05) is 35.9 Å². The van der Waals surface area contributed by atoms with Crippen molar-refractivity contribution in [2.45, 2.75) is 6.54 Å². The lowest BCUT2D eigenvalue weighted by Gasteiger charge is -2.20. The number of carbonyl (C=O) groups is 1. The van der Waals surface area contributed by atoms with E-state index in [2.05, 4.69) is 5.32 Å². The zero-order valence-electron chi connectivity index (χ0n) is 14.0. The molecule has 3 aromatic rings. The SMILES string of the molecule is CN(C)n1cc(C(=O)NCc2ccc(Cl)cc2)c(=O)c2ccccc21. The lowest BCUT2D eigenvalue weighted by atomic mass is 10.1. The van der Waals surface area contributed by atoms with E-state index < -0.39 is 5.91 Å². The van der Waals surface area contributed by atoms with E-state index in [0.717, 1.165) is 11.1 Å². The van der Waals surface area contributed by atoms with Crippen LogP contribution in [-0.4, -0.2) is 24.7 Å². The maximum absolute atomic E-state index is 12.7. The highest BCUT2D eigenvalue weighted by Gasteiger charge is 2.15. The number of hydrogen-bond donors (Lipinski definition) is 1. The summed E-state index contributed by atoms with van der Waals surface area (Å²) >= 11 is 5.86. The molecule has 0 radical (unpaired) electrons. The van der Waals surface area contributed by atoms with Crippen LogP contribution < -0.4 is 15.8 Å². The Balaban J connectivity index is 1.94. The van der Waals surface area contributed by atoms with Crippen LogP contribution in [0.3, 0.4) is 0 Å². The molecule has 0 unspecified atom stereocenters. The minimum Gasteiger partial charge on any atom is -0.348 e. The van der Waals surface area contributed by atoms with Gasteiger partial charge in [0.2, 0.25) is 5.43 Å². The molecule has 0 aliphatic carbocycles. The van der Waals surface area contributed by atoms with Crippen LogP contribution in [0.25, 0.3) is 10.9 Å². The minimum absolute atomic E-state index is 0.112. The lowest BCUT2D eigenvalue weighted by molar-refractivity contribution is 0.0949. The van der Waals surface area contributed by atoms with Crippen molar-refractivity contribution in [3.05, 3.63) is 81.1 Å². The van der Waals surface area contributed by atoms with Crippen LogP contribution >= 0.6 is 11.6 Å². The van der Waals surface area contributed by atoms with Gasteiger partial charge in [0.05, 0.1) is 5.52 Å². The lowest BCUT2D eigenvalue weighted by Crippen LogP contribution is -2.33. The van der Waals surface area contributed by atoms with Gasteiger partial charge in [-0.05, 0) is 29.8 Å². The first-order valence-electron chi connectivity index (χ1n) is 7.82. The quantitative estimate of drug-likeness (QED) is 0.783. The van der Waals surface area contributed by atoms with E-state index in [9.17, 15) is 9.59 Å². The van der Waals surface area contributed by atoms with Crippen molar-refractivity contribution in [1.29, 1.82) is 0 Å². The number of fused-ring (bicyclic) bond motifs is 1. The van der Waals surface area contributed by atoms with E-state index in [-0.39, 0.29) is 11.0 Å². The van der Waals surface area contributed by atoms with Gasteiger partial charge in [-0.3, -0.25) is 14.3 Å². The molecule has 0 fully saturated rings. The summed E-state index contributed by atoms with van der Waals surface area (Å²) < 4.78 is 1.79. The Morgan fingerprint density at radius 2 is 1.80 bits per heavy atom. The number of carbonyl (C=O) groups excluding carboxylic acids is 1. The van der Waals surface area contributed by atoms with Crippen molar-refractivity contribution in [3.63, 3.8) is 0 Å². The number of benzene rings is 2. The van der Waals surface area contributed by atoms with Crippen molar-refractivity contribution in [2.24, 2.45) is 0 Å². The number of nitrogens with zero attached hydrogens (tertiary/aromatic N) is 2. The molecule has 1 aromatic heterocycles. The van der Waals surface area contributed by atoms with Crippen LogP contribution in [0.15, 0.2) is 59.5 Å². The second-order valence-corrected chi connectivity index (χ2v) is 6.33. The fourth-order valence-corrected chi connectivity index (χ4v) is 2.76. The molecule has 0 atom stereocenters. The third-order valence-corrected chi connectivity index (χ3v) is 4.19. The third-order valence-electron chi connectivity index (χ3n) is 3.93. The van der Waals surface area contributed by atoms with Crippen molar-refractivity contribution < 1.29 is 4.79 Å². The first-order chi connectivity index (χ1) is 12.0. The summed E-state index contributed by atoms with van der Waals surface area (Å²) in [5.41, 5.74) is 1.50. The molecule has 3 rings (SSSR count). The second-order valence-electron chi connectivity index (χ2n) is 5.89. The van der Waals surface area contributed by atoms with E-state index in [1.807, 2.05) is 43.4 Å². The number of nitrogens with one attached hydrogen (secondary N) is 1. The number of halogens is 1. The van der Waals surface area contributed by atoms with E-state index in [1.54, 1.807) is 35.1 Å². The van der Waals surface area contributed by atoms with Gasteiger partial charge >= 0.3 is 0 Å². The van der Waals surface area contributed by atoms with Crippen LogP contribution in [0.1, 0.15) is 15.9 Å². The topological polar surface area (TPSA) is 54.3 Å². The number of aromatic nitrogens is 1. The molecule has 0 aliphatic rings. The molecule has 5 nitrogen and oxygen atoms in total. The highest BCUT2D eigenvalue weighted by Crippen LogP contribution is 2.12. The molecule has 128 valence electrons. The Labute approximate surface area is 150 Å². The third kappa shape index (κ3) is 3.51. The van der Waals surface area contributed by atoms with Crippen LogP contribution in [0.2, 0.25) is 5.02 Å². The van der Waals surface area contributed by atoms with E-state index >= 15 is 0 Å².